The Morgan fingerprint density at radius 1 is 0.576 bits per heavy atom. The molecule has 186 valence electrons. The third kappa shape index (κ3) is 4.65. The van der Waals surface area contributed by atoms with Crippen molar-refractivity contribution in [1.82, 2.24) is 0 Å². The Kier molecular flexibility index (Phi) is 7.37. The van der Waals surface area contributed by atoms with Crippen molar-refractivity contribution in [3.8, 4) is 0 Å². The van der Waals surface area contributed by atoms with Gasteiger partial charge in [-0.25, -0.2) is 0 Å². The predicted molar refractivity (Wildman–Crippen MR) is 100 cm³/mol. The van der Waals surface area contributed by atoms with Crippen LogP contribution in [-0.2, 0) is 12.6 Å². The summed E-state index contributed by atoms with van der Waals surface area (Å²) in [6.45, 7) is 0. The van der Waals surface area contributed by atoms with Crippen LogP contribution in [0, 0.1) is 7.14 Å². The Hall–Kier alpha value is -1.69. The summed E-state index contributed by atoms with van der Waals surface area (Å²) in [4.78, 5) is 0. The van der Waals surface area contributed by atoms with Crippen LogP contribution in [0.3, 0.4) is 0 Å². The molecule has 0 aliphatic heterocycles. The number of hydrogen-bond donors (Lipinski definition) is 0. The van der Waals surface area contributed by atoms with Crippen LogP contribution in [0.1, 0.15) is 0 Å². The number of halogens is 12. The zero-order chi connectivity index (χ0) is 25.5. The summed E-state index contributed by atoms with van der Waals surface area (Å²) in [6, 6.07) is 12.4. The quantitative estimate of drug-likeness (QED) is 0.246. The molecule has 0 fully saturated rings. The average molecular weight is 630 g/mol. The van der Waals surface area contributed by atoms with E-state index >= 15 is 0 Å². The monoisotopic (exact) mass is 630 g/mol. The van der Waals surface area contributed by atoms with Gasteiger partial charge in [-0.3, -0.25) is 0 Å². The van der Waals surface area contributed by atoms with Crippen molar-refractivity contribution in [1.29, 1.82) is 0 Å². The Labute approximate surface area is 186 Å². The Morgan fingerprint density at radius 2 is 0.939 bits per heavy atom. The van der Waals surface area contributed by atoms with Crippen LogP contribution in [0.5, 0.6) is 0 Å². The maximum atomic E-state index is 14.2. The molecule has 0 radical (unpaired) electrons. The van der Waals surface area contributed by atoms with E-state index < -0.39 is 59.6 Å². The van der Waals surface area contributed by atoms with Gasteiger partial charge in [0.1, 0.15) is 0 Å². The van der Waals surface area contributed by atoms with E-state index in [9.17, 15) is 56.7 Å². The second kappa shape index (κ2) is 8.83. The summed E-state index contributed by atoms with van der Waals surface area (Å²) in [7, 11) is -7.20. The standard InChI is InChI=1S/C17H10F11IO3S/c18-13(19,14(20,21)16(24,25)26)15(22,23)17(27,28)33(30,31)32-29(11-7-3-1-4-8-11)12-9-5-2-6-10-12/h1-10H. The van der Waals surface area contributed by atoms with Crippen molar-refractivity contribution in [3.63, 3.8) is 0 Å². The van der Waals surface area contributed by atoms with E-state index in [-0.39, 0.29) is 7.14 Å². The summed E-state index contributed by atoms with van der Waals surface area (Å²) in [5.41, 5.74) is 0. The van der Waals surface area contributed by atoms with Gasteiger partial charge in [-0.1, -0.05) is 0 Å². The van der Waals surface area contributed by atoms with Crippen LogP contribution in [0.2, 0.25) is 0 Å². The summed E-state index contributed by atoms with van der Waals surface area (Å²) in [6.07, 6.45) is -7.41. The summed E-state index contributed by atoms with van der Waals surface area (Å²) in [5, 5.41) is -7.18. The fourth-order valence-corrected chi connectivity index (χ4v) is 9.13. The molecular formula is C17H10F11IO3S. The molecule has 16 heteroatoms. The SMILES string of the molecule is O=S(=O)(OI(c1ccccc1)c1ccccc1)C(F)(F)C(F)(F)C(F)(F)C(F)(F)C(F)(F)F. The molecule has 0 atom stereocenters. The zero-order valence-corrected chi connectivity index (χ0v) is 18.4. The molecule has 33 heavy (non-hydrogen) atoms. The van der Waals surface area contributed by atoms with E-state index in [1.54, 1.807) is 0 Å². The third-order valence-corrected chi connectivity index (χ3v) is 11.2. The molecule has 3 nitrogen and oxygen atoms in total. The van der Waals surface area contributed by atoms with Crippen molar-refractivity contribution < 1.29 is 59.2 Å². The van der Waals surface area contributed by atoms with Gasteiger partial charge in [0.15, 0.2) is 0 Å². The molecule has 2 aromatic carbocycles. The van der Waals surface area contributed by atoms with Gasteiger partial charge in [0.2, 0.25) is 0 Å². The predicted octanol–water partition coefficient (Wildman–Crippen LogP) is 6.55. The summed E-state index contributed by atoms with van der Waals surface area (Å²) < 4.78 is 174. The minimum absolute atomic E-state index is 0.122. The van der Waals surface area contributed by atoms with Gasteiger partial charge in [0.05, 0.1) is 0 Å². The fourth-order valence-electron chi connectivity index (χ4n) is 2.09. The van der Waals surface area contributed by atoms with Crippen LogP contribution < -0.4 is 0 Å². The number of hydrogen-bond acceptors (Lipinski definition) is 3. The van der Waals surface area contributed by atoms with Crippen molar-refractivity contribution >= 4 is 30.4 Å². The molecule has 0 spiro atoms. The summed E-state index contributed by atoms with van der Waals surface area (Å²) >= 11 is -4.16. The zero-order valence-electron chi connectivity index (χ0n) is 15.4. The van der Waals surface area contributed by atoms with Gasteiger partial charge in [-0.15, -0.1) is 0 Å². The van der Waals surface area contributed by atoms with Gasteiger partial charge < -0.3 is 0 Å². The molecule has 2 aromatic rings. The third-order valence-electron chi connectivity index (χ3n) is 3.83. The van der Waals surface area contributed by atoms with Crippen molar-refractivity contribution in [3.05, 3.63) is 67.8 Å². The Bertz CT molecular complexity index is 1020. The first-order valence-corrected chi connectivity index (χ1v) is 12.6. The number of alkyl halides is 11. The van der Waals surface area contributed by atoms with Crippen molar-refractivity contribution in [2.45, 2.75) is 29.2 Å². The number of benzene rings is 2. The Balaban J connectivity index is 2.58. The first-order chi connectivity index (χ1) is 14.8. The van der Waals surface area contributed by atoms with Gasteiger partial charge in [0.25, 0.3) is 0 Å². The van der Waals surface area contributed by atoms with Gasteiger partial charge >= 0.3 is 187 Å². The van der Waals surface area contributed by atoms with Crippen LogP contribution in [-0.4, -0.2) is 37.6 Å². The molecule has 0 aliphatic rings. The second-order valence-corrected chi connectivity index (χ2v) is 12.6. The first kappa shape index (κ1) is 27.6. The summed E-state index contributed by atoms with van der Waals surface area (Å²) in [5.74, 6) is -23.3. The van der Waals surface area contributed by atoms with Crippen molar-refractivity contribution in [2.75, 3.05) is 0 Å². The fraction of sp³-hybridized carbons (Fsp3) is 0.294. The van der Waals surface area contributed by atoms with Crippen LogP contribution in [0.15, 0.2) is 60.7 Å². The van der Waals surface area contributed by atoms with E-state index in [0.717, 1.165) is 24.3 Å². The second-order valence-electron chi connectivity index (χ2n) is 6.09. The van der Waals surface area contributed by atoms with E-state index in [0.29, 0.717) is 0 Å². The first-order valence-electron chi connectivity index (χ1n) is 8.14. The normalized spacial score (nSPS) is 14.8. The minimum atomic E-state index is -7.86. The van der Waals surface area contributed by atoms with Crippen LogP contribution in [0.4, 0.5) is 48.3 Å². The van der Waals surface area contributed by atoms with E-state index in [2.05, 4.69) is 2.51 Å². The molecule has 0 saturated heterocycles. The molecule has 2 rings (SSSR count). The molecule has 0 heterocycles. The molecule has 0 amide bonds. The van der Waals surface area contributed by atoms with Gasteiger partial charge in [0, 0.05) is 0 Å². The van der Waals surface area contributed by atoms with E-state index in [1.165, 1.54) is 36.4 Å². The molecule has 0 aliphatic carbocycles. The van der Waals surface area contributed by atoms with Gasteiger partial charge in [-0.2, -0.15) is 0 Å². The molecule has 0 bridgehead atoms. The average Bonchev–Trinajstić information content (AvgIpc) is 2.72. The number of rotatable bonds is 8. The van der Waals surface area contributed by atoms with Crippen LogP contribution in [0.25, 0.3) is 0 Å². The maximum absolute atomic E-state index is 14.2. The molecule has 0 aromatic heterocycles. The molecule has 0 unspecified atom stereocenters. The van der Waals surface area contributed by atoms with Crippen LogP contribution >= 0.6 is 20.2 Å². The van der Waals surface area contributed by atoms with E-state index in [1.807, 2.05) is 0 Å². The van der Waals surface area contributed by atoms with E-state index in [4.69, 9.17) is 0 Å². The van der Waals surface area contributed by atoms with Gasteiger partial charge in [-0.05, 0) is 0 Å². The molecule has 0 saturated carbocycles. The Morgan fingerprint density at radius 3 is 1.27 bits per heavy atom. The molecule has 0 N–H and O–H groups in total. The topological polar surface area (TPSA) is 43.4 Å². The van der Waals surface area contributed by atoms with Crippen molar-refractivity contribution in [2.24, 2.45) is 0 Å². The molecular weight excluding hydrogens is 620 g/mol.